The molecule has 0 fully saturated rings. The molecule has 4 nitrogen and oxygen atoms in total. The van der Waals surface area contributed by atoms with E-state index in [4.69, 9.17) is 23.2 Å². The highest BCUT2D eigenvalue weighted by molar-refractivity contribution is 9.10. The average Bonchev–Trinajstić information content (AvgIpc) is 2.53. The lowest BCUT2D eigenvalue weighted by Gasteiger charge is -2.29. The van der Waals surface area contributed by atoms with Crippen molar-refractivity contribution in [2.24, 2.45) is 0 Å². The summed E-state index contributed by atoms with van der Waals surface area (Å²) in [6.07, 6.45) is 1.06. The summed E-state index contributed by atoms with van der Waals surface area (Å²) in [7, 11) is 0. The molecule has 1 N–H and O–H groups in total. The molecule has 24 heavy (non-hydrogen) atoms. The standard InChI is InChI=1S/C17H13BrCl2N2O2/c18-11-2-5-15-10(7-11)1-6-17(24)22(15)9-16(23)21-14-8-12(19)3-4-13(14)20/h2-5,7-8H,1,6,9H2,(H,21,23). The fourth-order valence-corrected chi connectivity index (χ4v) is 3.37. The van der Waals surface area contributed by atoms with Crippen LogP contribution in [0.15, 0.2) is 40.9 Å². The number of fused-ring (bicyclic) bond motifs is 1. The van der Waals surface area contributed by atoms with Gasteiger partial charge in [-0.15, -0.1) is 0 Å². The number of benzene rings is 2. The zero-order valence-electron chi connectivity index (χ0n) is 12.5. The van der Waals surface area contributed by atoms with Gasteiger partial charge in [0.1, 0.15) is 6.54 Å². The minimum Gasteiger partial charge on any atom is -0.323 e. The molecule has 2 amide bonds. The number of carbonyl (C=O) groups excluding carboxylic acids is 2. The van der Waals surface area contributed by atoms with E-state index in [0.717, 1.165) is 15.7 Å². The number of nitrogens with zero attached hydrogens (tertiary/aromatic N) is 1. The van der Waals surface area contributed by atoms with Crippen molar-refractivity contribution in [1.82, 2.24) is 0 Å². The maximum absolute atomic E-state index is 12.4. The van der Waals surface area contributed by atoms with Gasteiger partial charge in [0.05, 0.1) is 10.7 Å². The molecule has 1 aliphatic heterocycles. The maximum Gasteiger partial charge on any atom is 0.244 e. The van der Waals surface area contributed by atoms with Gasteiger partial charge in [0, 0.05) is 21.6 Å². The summed E-state index contributed by atoms with van der Waals surface area (Å²) >= 11 is 15.4. The van der Waals surface area contributed by atoms with Gasteiger partial charge >= 0.3 is 0 Å². The smallest absolute Gasteiger partial charge is 0.244 e. The van der Waals surface area contributed by atoms with Crippen LogP contribution in [0.5, 0.6) is 0 Å². The van der Waals surface area contributed by atoms with Crippen molar-refractivity contribution < 1.29 is 9.59 Å². The number of rotatable bonds is 3. The van der Waals surface area contributed by atoms with E-state index < -0.39 is 0 Å². The van der Waals surface area contributed by atoms with Gasteiger partial charge in [-0.05, 0) is 48.4 Å². The highest BCUT2D eigenvalue weighted by Gasteiger charge is 2.26. The van der Waals surface area contributed by atoms with Crippen LogP contribution in [0.4, 0.5) is 11.4 Å². The van der Waals surface area contributed by atoms with Gasteiger partial charge in [-0.3, -0.25) is 9.59 Å². The number of carbonyl (C=O) groups is 2. The summed E-state index contributed by atoms with van der Waals surface area (Å²) in [6.45, 7) is -0.0731. The summed E-state index contributed by atoms with van der Waals surface area (Å²) in [5, 5.41) is 3.56. The van der Waals surface area contributed by atoms with E-state index in [2.05, 4.69) is 21.2 Å². The lowest BCUT2D eigenvalue weighted by atomic mass is 10.0. The predicted octanol–water partition coefficient (Wildman–Crippen LogP) is 4.67. The molecule has 0 saturated carbocycles. The van der Waals surface area contributed by atoms with Crippen LogP contribution in [0.2, 0.25) is 10.0 Å². The summed E-state index contributed by atoms with van der Waals surface area (Å²) in [5.74, 6) is -0.402. The van der Waals surface area contributed by atoms with Crippen LogP contribution in [0, 0.1) is 0 Å². The van der Waals surface area contributed by atoms with Gasteiger partial charge < -0.3 is 10.2 Å². The molecule has 0 aromatic heterocycles. The van der Waals surface area contributed by atoms with E-state index in [9.17, 15) is 9.59 Å². The molecule has 0 atom stereocenters. The number of aryl methyl sites for hydroxylation is 1. The molecule has 7 heteroatoms. The van der Waals surface area contributed by atoms with Crippen molar-refractivity contribution in [3.8, 4) is 0 Å². The maximum atomic E-state index is 12.4. The Morgan fingerprint density at radius 2 is 1.96 bits per heavy atom. The molecule has 0 bridgehead atoms. The fourth-order valence-electron chi connectivity index (χ4n) is 2.63. The Kier molecular flexibility index (Phi) is 5.13. The van der Waals surface area contributed by atoms with E-state index in [1.54, 1.807) is 18.2 Å². The molecule has 0 radical (unpaired) electrons. The third kappa shape index (κ3) is 3.74. The Bertz CT molecular complexity index is 826. The number of nitrogens with one attached hydrogen (secondary N) is 1. The van der Waals surface area contributed by atoms with Gasteiger partial charge in [0.25, 0.3) is 0 Å². The molecular weight excluding hydrogens is 415 g/mol. The zero-order valence-corrected chi connectivity index (χ0v) is 15.6. The minimum absolute atomic E-state index is 0.0721. The first kappa shape index (κ1) is 17.3. The van der Waals surface area contributed by atoms with E-state index in [1.807, 2.05) is 18.2 Å². The van der Waals surface area contributed by atoms with Crippen LogP contribution in [0.1, 0.15) is 12.0 Å². The molecular formula is C17H13BrCl2N2O2. The fraction of sp³-hybridized carbons (Fsp3) is 0.176. The Balaban J connectivity index is 1.79. The van der Waals surface area contributed by atoms with Gasteiger partial charge in [0.15, 0.2) is 0 Å². The van der Waals surface area contributed by atoms with Gasteiger partial charge in [-0.1, -0.05) is 39.1 Å². The van der Waals surface area contributed by atoms with Crippen LogP contribution >= 0.6 is 39.1 Å². The van der Waals surface area contributed by atoms with Crippen LogP contribution in [-0.4, -0.2) is 18.4 Å². The van der Waals surface area contributed by atoms with E-state index in [-0.39, 0.29) is 18.4 Å². The van der Waals surface area contributed by atoms with Crippen LogP contribution in [-0.2, 0) is 16.0 Å². The third-order valence-electron chi connectivity index (χ3n) is 3.75. The van der Waals surface area contributed by atoms with Gasteiger partial charge in [-0.2, -0.15) is 0 Å². The normalized spacial score (nSPS) is 13.6. The Morgan fingerprint density at radius 1 is 1.17 bits per heavy atom. The summed E-state index contributed by atoms with van der Waals surface area (Å²) in [6, 6.07) is 10.5. The van der Waals surface area contributed by atoms with Gasteiger partial charge in [0.2, 0.25) is 11.8 Å². The topological polar surface area (TPSA) is 49.4 Å². The summed E-state index contributed by atoms with van der Waals surface area (Å²) in [4.78, 5) is 26.1. The highest BCUT2D eigenvalue weighted by atomic mass is 79.9. The molecule has 1 heterocycles. The van der Waals surface area contributed by atoms with Crippen LogP contribution < -0.4 is 10.2 Å². The number of hydrogen-bond acceptors (Lipinski definition) is 2. The highest BCUT2D eigenvalue weighted by Crippen LogP contribution is 2.30. The monoisotopic (exact) mass is 426 g/mol. The Labute approximate surface area is 157 Å². The van der Waals surface area contributed by atoms with E-state index in [1.165, 1.54) is 4.90 Å². The number of hydrogen-bond donors (Lipinski definition) is 1. The van der Waals surface area contributed by atoms with Crippen molar-refractivity contribution in [2.75, 3.05) is 16.8 Å². The van der Waals surface area contributed by atoms with Crippen LogP contribution in [0.3, 0.4) is 0 Å². The molecule has 3 rings (SSSR count). The number of halogens is 3. The molecule has 0 saturated heterocycles. The zero-order chi connectivity index (χ0) is 17.3. The van der Waals surface area contributed by atoms with Crippen molar-refractivity contribution in [3.05, 3.63) is 56.5 Å². The minimum atomic E-state index is -0.330. The molecule has 2 aromatic rings. The third-order valence-corrected chi connectivity index (χ3v) is 4.80. The first-order chi connectivity index (χ1) is 11.4. The second kappa shape index (κ2) is 7.13. The average molecular weight is 428 g/mol. The Morgan fingerprint density at radius 3 is 2.75 bits per heavy atom. The molecule has 0 unspecified atom stereocenters. The lowest BCUT2D eigenvalue weighted by molar-refractivity contribution is -0.121. The largest absolute Gasteiger partial charge is 0.323 e. The second-order valence-corrected chi connectivity index (χ2v) is 7.18. The van der Waals surface area contributed by atoms with E-state index in [0.29, 0.717) is 28.6 Å². The molecule has 0 aliphatic carbocycles. The first-order valence-electron chi connectivity index (χ1n) is 7.28. The molecule has 0 spiro atoms. The summed E-state index contributed by atoms with van der Waals surface area (Å²) in [5.41, 5.74) is 2.23. The summed E-state index contributed by atoms with van der Waals surface area (Å²) < 4.78 is 0.950. The van der Waals surface area contributed by atoms with Crippen molar-refractivity contribution in [3.63, 3.8) is 0 Å². The van der Waals surface area contributed by atoms with Crippen molar-refractivity contribution >= 4 is 62.3 Å². The molecule has 124 valence electrons. The Hall–Kier alpha value is -1.56. The quantitative estimate of drug-likeness (QED) is 0.773. The second-order valence-electron chi connectivity index (χ2n) is 5.43. The van der Waals surface area contributed by atoms with Gasteiger partial charge in [-0.25, -0.2) is 0 Å². The predicted molar refractivity (Wildman–Crippen MR) is 99.9 cm³/mol. The first-order valence-corrected chi connectivity index (χ1v) is 8.82. The number of amides is 2. The van der Waals surface area contributed by atoms with Crippen LogP contribution in [0.25, 0.3) is 0 Å². The molecule has 2 aromatic carbocycles. The number of anilines is 2. The lowest BCUT2D eigenvalue weighted by Crippen LogP contribution is -2.40. The molecule has 1 aliphatic rings. The van der Waals surface area contributed by atoms with Crippen molar-refractivity contribution in [2.45, 2.75) is 12.8 Å². The SMILES string of the molecule is O=C(CN1C(=O)CCc2cc(Br)ccc21)Nc1cc(Cl)ccc1Cl. The van der Waals surface area contributed by atoms with E-state index >= 15 is 0 Å². The van der Waals surface area contributed by atoms with Crippen molar-refractivity contribution in [1.29, 1.82) is 0 Å².